The predicted octanol–water partition coefficient (Wildman–Crippen LogP) is 19.1. The van der Waals surface area contributed by atoms with E-state index in [1.807, 2.05) is 83.6 Å². The molecule has 8 fully saturated rings. The number of hydrogen-bond acceptors (Lipinski definition) is 31. The number of benzene rings is 2. The van der Waals surface area contributed by atoms with Crippen LogP contribution in [-0.4, -0.2) is 152 Å². The number of pyridine rings is 2. The highest BCUT2D eigenvalue weighted by Gasteiger charge is 2.33. The fraction of sp³-hybridized carbons (Fsp3) is 0.263. The molecule has 8 saturated carbocycles. The molecule has 2 aromatic carbocycles. The van der Waals surface area contributed by atoms with Crippen molar-refractivity contribution in [3.63, 3.8) is 0 Å². The van der Waals surface area contributed by atoms with Crippen molar-refractivity contribution in [3.8, 4) is 93.5 Å². The van der Waals surface area contributed by atoms with Crippen molar-refractivity contribution in [3.05, 3.63) is 263 Å². The second-order valence-corrected chi connectivity index (χ2v) is 39.5. The lowest BCUT2D eigenvalue weighted by atomic mass is 10.1. The zero-order valence-corrected chi connectivity index (χ0v) is 79.9. The van der Waals surface area contributed by atoms with Crippen LogP contribution < -0.4 is 42.5 Å². The van der Waals surface area contributed by atoms with Crippen LogP contribution >= 0.6 is 88.8 Å². The standard InChI is InChI=1S/C17H14N2O2S.C13H12N2O3.2C12H11N3O2.2C11H9BrN2O2S.C11H9ClN2O2S.C8H10N2O2/c20-17(18-12-6-7-12)14-10-15(21-19-14)16-13(8-9-22-16)11-4-2-1-3-5-11;16-11-4-2-1-3-9(11)12-7-10(15-18-12)13(17)14-8-5-6-8;16-12(14-9-3-4-9)10-6-11(17-15-10)8-2-1-5-13-7-8;16-12(14-8-4-5-8)10-7-11(17-15-10)9-3-1-2-6-13-9;12-10-4-3-9(17-10)8-5-7(14-16-8)11(15)13-6-1-2-6;12-7-3-4-17-10(7)9-5-8(14-16-9)11(15)13-6-1-2-6;12-10-4-3-9(17-10)8-5-7(14-16-8)11(15)13-6-1-2-6;1-5-4-7(10-12-5)8(11)9-6-2-3-6/h1-5,8-10,12H,6-7H2,(H,18,20);1-4,7-8,16H,5-6H2,(H,14,17);1-2,5-7,9H,3-4H2,(H,14,16);1-3,6-8H,4-5H2,(H,14,16);3*3-6H,1-2H2,(H,13,15);4,6H,2-3H2,1H3,(H,9,11). The van der Waals surface area contributed by atoms with Gasteiger partial charge in [0.05, 0.1) is 33.2 Å². The molecular formula is C95H85Br2ClN18O17S4. The van der Waals surface area contributed by atoms with E-state index < -0.39 is 0 Å². The Bertz CT molecular complexity index is 6650. The molecule has 0 bridgehead atoms. The zero-order valence-electron chi connectivity index (χ0n) is 72.7. The van der Waals surface area contributed by atoms with Crippen molar-refractivity contribution >= 4 is 136 Å². The van der Waals surface area contributed by atoms with E-state index in [1.165, 1.54) is 17.4 Å². The van der Waals surface area contributed by atoms with Crippen LogP contribution in [0.3, 0.4) is 0 Å². The molecule has 35 nitrogen and oxygen atoms in total. The Morgan fingerprint density at radius 1 is 0.343 bits per heavy atom. The molecule has 0 atom stereocenters. The van der Waals surface area contributed by atoms with Gasteiger partial charge >= 0.3 is 0 Å². The van der Waals surface area contributed by atoms with Crippen molar-refractivity contribution in [1.29, 1.82) is 0 Å². The first-order valence-corrected chi connectivity index (χ1v) is 49.2. The molecule has 9 N–H and O–H groups in total. The number of carbonyl (C=O) groups is 8. The summed E-state index contributed by atoms with van der Waals surface area (Å²) in [5.41, 5.74) is 6.80. The molecule has 42 heteroatoms. The van der Waals surface area contributed by atoms with Gasteiger partial charge in [-0.05, 0) is 231 Å². The number of phenols is 1. The summed E-state index contributed by atoms with van der Waals surface area (Å²) in [5.74, 6) is 3.29. The summed E-state index contributed by atoms with van der Waals surface area (Å²) in [6, 6.07) is 53.2. The number of rotatable bonds is 24. The van der Waals surface area contributed by atoms with Gasteiger partial charge < -0.3 is 83.8 Å². The van der Waals surface area contributed by atoms with Crippen LogP contribution in [0, 0.1) is 6.92 Å². The first-order chi connectivity index (χ1) is 66.6. The maximum Gasteiger partial charge on any atom is 0.273 e. The number of aromatic nitrogens is 10. The molecule has 0 unspecified atom stereocenters. The molecule has 8 aliphatic rings. The number of para-hydroxylation sites is 1. The first kappa shape index (κ1) is 94.8. The summed E-state index contributed by atoms with van der Waals surface area (Å²) in [6.07, 6.45) is 21.9. The van der Waals surface area contributed by atoms with Gasteiger partial charge in [-0.15, -0.1) is 45.3 Å². The molecule has 137 heavy (non-hydrogen) atoms. The quantitative estimate of drug-likeness (QED) is 0.0271. The molecule has 0 spiro atoms. The van der Waals surface area contributed by atoms with E-state index in [9.17, 15) is 43.5 Å². The monoisotopic (exact) mass is 2070 g/mol. The van der Waals surface area contributed by atoms with Crippen LogP contribution in [-0.2, 0) is 0 Å². The summed E-state index contributed by atoms with van der Waals surface area (Å²) < 4.78 is 43.6. The summed E-state index contributed by atoms with van der Waals surface area (Å²) in [6.45, 7) is 1.76. The van der Waals surface area contributed by atoms with Crippen molar-refractivity contribution < 1.29 is 79.6 Å². The van der Waals surface area contributed by atoms with Crippen molar-refractivity contribution in [2.45, 2.75) is 158 Å². The number of thiophene rings is 4. The number of halogens is 3. The predicted molar refractivity (Wildman–Crippen MR) is 513 cm³/mol. The molecule has 8 aliphatic carbocycles. The van der Waals surface area contributed by atoms with Crippen LogP contribution in [0.1, 0.15) is 192 Å². The molecule has 14 heterocycles. The molecular weight excluding hydrogens is 1990 g/mol. The van der Waals surface area contributed by atoms with E-state index in [-0.39, 0.29) is 64.7 Å². The molecule has 0 saturated heterocycles. The number of amides is 8. The van der Waals surface area contributed by atoms with E-state index in [1.54, 1.807) is 132 Å². The van der Waals surface area contributed by atoms with Crippen LogP contribution in [0.4, 0.5) is 0 Å². The molecule has 0 aliphatic heterocycles. The third-order valence-electron chi connectivity index (χ3n) is 20.8. The van der Waals surface area contributed by atoms with Crippen molar-refractivity contribution in [2.24, 2.45) is 0 Å². The fourth-order valence-electron chi connectivity index (χ4n) is 12.3. The zero-order chi connectivity index (χ0) is 94.8. The maximum absolute atomic E-state index is 12.0. The van der Waals surface area contributed by atoms with E-state index >= 15 is 0 Å². The Morgan fingerprint density at radius 2 is 0.708 bits per heavy atom. The molecule has 8 amide bonds. The first-order valence-electron chi connectivity index (χ1n) is 43.8. The average molecular weight is 2070 g/mol. The van der Waals surface area contributed by atoms with E-state index in [4.69, 9.17) is 47.8 Å². The van der Waals surface area contributed by atoms with Gasteiger partial charge in [0, 0.05) is 131 Å². The summed E-state index contributed by atoms with van der Waals surface area (Å²) in [5, 5.41) is 66.6. The van der Waals surface area contributed by atoms with Crippen LogP contribution in [0.15, 0.2) is 244 Å². The van der Waals surface area contributed by atoms with Crippen LogP contribution in [0.25, 0.3) is 87.8 Å². The number of carbonyl (C=O) groups excluding carboxylic acids is 8. The third-order valence-corrected chi connectivity index (χ3v) is 26.5. The van der Waals surface area contributed by atoms with Gasteiger partial charge in [0.15, 0.2) is 85.9 Å². The minimum Gasteiger partial charge on any atom is -0.507 e. The Balaban J connectivity index is 0.000000109. The third kappa shape index (κ3) is 27.9. The van der Waals surface area contributed by atoms with Gasteiger partial charge in [-0.25, -0.2) is 0 Å². The Kier molecular flexibility index (Phi) is 30.9. The largest absolute Gasteiger partial charge is 0.507 e. The lowest BCUT2D eigenvalue weighted by molar-refractivity contribution is 0.0933. The van der Waals surface area contributed by atoms with Gasteiger partial charge in [-0.3, -0.25) is 48.3 Å². The number of aromatic hydroxyl groups is 1. The molecule has 24 rings (SSSR count). The second kappa shape index (κ2) is 44.7. The lowest BCUT2D eigenvalue weighted by Crippen LogP contribution is -2.25. The minimum atomic E-state index is -0.233. The summed E-state index contributed by atoms with van der Waals surface area (Å²) in [7, 11) is 0. The smallest absolute Gasteiger partial charge is 0.273 e. The molecule has 702 valence electrons. The maximum atomic E-state index is 12.0. The number of phenolic OH excluding ortho intramolecular Hbond substituents is 1. The summed E-state index contributed by atoms with van der Waals surface area (Å²) in [4.78, 5) is 105. The normalized spacial score (nSPS) is 14.7. The number of hydrogen-bond donors (Lipinski definition) is 9. The van der Waals surface area contributed by atoms with Crippen molar-refractivity contribution in [1.82, 2.24) is 93.8 Å². The SMILES string of the molecule is Cc1cc(C(=O)NC2CC2)no1.O=C(NC1CC1)c1cc(-c2ccc(Br)s2)on1.O=C(NC1CC1)c1cc(-c2ccc(Cl)s2)on1.O=C(NC1CC1)c1cc(-c2ccccc2O)on1.O=C(NC1CC1)c1cc(-c2ccccn2)on1.O=C(NC1CC1)c1cc(-c2cccnc2)on1.O=C(NC1CC1)c1cc(-c2sccc2-c2ccccc2)on1.O=C(NC1CC1)c1cc(-c2sccc2Br)on1. The van der Waals surface area contributed by atoms with Gasteiger partial charge in [-0.2, -0.15) is 0 Å². The van der Waals surface area contributed by atoms with Gasteiger partial charge in [0.1, 0.15) is 17.2 Å². The minimum absolute atomic E-state index is 0.0998. The highest BCUT2D eigenvalue weighted by molar-refractivity contribution is 9.11. The highest BCUT2D eigenvalue weighted by atomic mass is 79.9. The Hall–Kier alpha value is -14.0. The van der Waals surface area contributed by atoms with Gasteiger partial charge in [0.25, 0.3) is 47.3 Å². The Labute approximate surface area is 818 Å². The number of nitrogens with one attached hydrogen (secondary N) is 8. The van der Waals surface area contributed by atoms with Crippen molar-refractivity contribution in [2.75, 3.05) is 0 Å². The van der Waals surface area contributed by atoms with Gasteiger partial charge in [-0.1, -0.05) is 101 Å². The fourth-order valence-corrected chi connectivity index (χ4v) is 17.0. The van der Waals surface area contributed by atoms with E-state index in [2.05, 4.69) is 144 Å². The summed E-state index contributed by atoms with van der Waals surface area (Å²) >= 11 is 18.7. The number of aryl methyl sites for hydroxylation is 1. The lowest BCUT2D eigenvalue weighted by Gasteiger charge is -2.00. The van der Waals surface area contributed by atoms with Crippen LogP contribution in [0.5, 0.6) is 5.75 Å². The highest BCUT2D eigenvalue weighted by Crippen LogP contribution is 2.40. The molecule has 0 radical (unpaired) electrons. The van der Waals surface area contributed by atoms with E-state index in [0.29, 0.717) is 144 Å². The Morgan fingerprint density at radius 3 is 1.11 bits per heavy atom. The van der Waals surface area contributed by atoms with Gasteiger partial charge in [0.2, 0.25) is 0 Å². The van der Waals surface area contributed by atoms with Crippen LogP contribution in [0.2, 0.25) is 4.34 Å². The van der Waals surface area contributed by atoms with E-state index in [0.717, 1.165) is 147 Å². The molecule has 14 aromatic heterocycles. The number of nitrogens with zero attached hydrogens (tertiary/aromatic N) is 10. The topological polar surface area (TPSA) is 487 Å². The second-order valence-electron chi connectivity index (χ2n) is 32.6. The average Bonchev–Trinajstić information content (AvgIpc) is 1.66. The molecule has 16 aromatic rings.